The summed E-state index contributed by atoms with van der Waals surface area (Å²) in [5.74, 6) is 0. The third kappa shape index (κ3) is 4.52. The molecule has 1 aliphatic rings. The second-order valence-corrected chi connectivity index (χ2v) is 5.73. The lowest BCUT2D eigenvalue weighted by Gasteiger charge is -2.39. The van der Waals surface area contributed by atoms with E-state index in [9.17, 15) is 4.79 Å². The van der Waals surface area contributed by atoms with Crippen molar-refractivity contribution in [1.82, 2.24) is 4.90 Å². The van der Waals surface area contributed by atoms with E-state index in [0.29, 0.717) is 13.1 Å². The number of hydrogen-bond donors (Lipinski definition) is 1. The highest BCUT2D eigenvalue weighted by molar-refractivity contribution is 5.68. The summed E-state index contributed by atoms with van der Waals surface area (Å²) in [5, 5.41) is 0. The van der Waals surface area contributed by atoms with Gasteiger partial charge in [0, 0.05) is 13.1 Å². The molecule has 0 saturated carbocycles. The van der Waals surface area contributed by atoms with Gasteiger partial charge in [0.15, 0.2) is 0 Å². The van der Waals surface area contributed by atoms with Gasteiger partial charge in [0.2, 0.25) is 0 Å². The maximum atomic E-state index is 11.8. The van der Waals surface area contributed by atoms with E-state index in [1.54, 1.807) is 4.90 Å². The van der Waals surface area contributed by atoms with Crippen LogP contribution in [0.25, 0.3) is 0 Å². The average molecular weight is 244 g/mol. The van der Waals surface area contributed by atoms with Crippen molar-refractivity contribution in [2.24, 2.45) is 5.73 Å². The molecule has 0 aromatic heterocycles. The predicted molar refractivity (Wildman–Crippen MR) is 65.6 cm³/mol. The third-order valence-corrected chi connectivity index (χ3v) is 2.90. The summed E-state index contributed by atoms with van der Waals surface area (Å²) in [4.78, 5) is 13.5. The first-order valence-corrected chi connectivity index (χ1v) is 6.08. The summed E-state index contributed by atoms with van der Waals surface area (Å²) in [6.45, 7) is 9.19. The summed E-state index contributed by atoms with van der Waals surface area (Å²) in [6.07, 6.45) is 1.35. The standard InChI is InChI=1S/C12H24N2O3/c1-11(2,3)17-10(15)14-7-5-12(4,6-8-14)16-9-13/h5-9,13H2,1-4H3. The quantitative estimate of drug-likeness (QED) is 0.751. The molecule has 0 aliphatic carbocycles. The molecule has 0 unspecified atom stereocenters. The zero-order valence-corrected chi connectivity index (χ0v) is 11.3. The van der Waals surface area contributed by atoms with Crippen LogP contribution in [-0.2, 0) is 9.47 Å². The summed E-state index contributed by atoms with van der Waals surface area (Å²) in [6, 6.07) is 0. The van der Waals surface area contributed by atoms with Gasteiger partial charge in [-0.05, 0) is 40.5 Å². The minimum absolute atomic E-state index is 0.201. The summed E-state index contributed by atoms with van der Waals surface area (Å²) in [5.41, 5.74) is 4.75. The Labute approximate surface area is 103 Å². The van der Waals surface area contributed by atoms with Crippen LogP contribution in [0, 0.1) is 0 Å². The molecular weight excluding hydrogens is 220 g/mol. The lowest BCUT2D eigenvalue weighted by molar-refractivity contribution is -0.0702. The summed E-state index contributed by atoms with van der Waals surface area (Å²) >= 11 is 0. The third-order valence-electron chi connectivity index (χ3n) is 2.90. The zero-order valence-electron chi connectivity index (χ0n) is 11.3. The minimum atomic E-state index is -0.439. The van der Waals surface area contributed by atoms with E-state index in [0.717, 1.165) is 12.8 Å². The molecule has 0 spiro atoms. The molecule has 17 heavy (non-hydrogen) atoms. The molecule has 1 aliphatic heterocycles. The van der Waals surface area contributed by atoms with Gasteiger partial charge in [-0.3, -0.25) is 0 Å². The van der Waals surface area contributed by atoms with Gasteiger partial charge in [0.1, 0.15) is 5.60 Å². The fraction of sp³-hybridized carbons (Fsp3) is 0.917. The number of carbonyl (C=O) groups excluding carboxylic acids is 1. The van der Waals surface area contributed by atoms with Crippen LogP contribution >= 0.6 is 0 Å². The molecule has 1 saturated heterocycles. The fourth-order valence-corrected chi connectivity index (χ4v) is 1.83. The first-order valence-electron chi connectivity index (χ1n) is 6.08. The highest BCUT2D eigenvalue weighted by atomic mass is 16.6. The van der Waals surface area contributed by atoms with E-state index in [-0.39, 0.29) is 18.4 Å². The number of hydrogen-bond acceptors (Lipinski definition) is 4. The molecule has 5 heteroatoms. The van der Waals surface area contributed by atoms with E-state index >= 15 is 0 Å². The van der Waals surface area contributed by atoms with Crippen molar-refractivity contribution in [3.8, 4) is 0 Å². The van der Waals surface area contributed by atoms with Crippen molar-refractivity contribution in [2.45, 2.75) is 51.7 Å². The Morgan fingerprint density at radius 3 is 2.29 bits per heavy atom. The van der Waals surface area contributed by atoms with Crippen molar-refractivity contribution in [2.75, 3.05) is 19.8 Å². The molecule has 0 bridgehead atoms. The largest absolute Gasteiger partial charge is 0.444 e. The van der Waals surface area contributed by atoms with Gasteiger partial charge in [-0.15, -0.1) is 0 Å². The Kier molecular flexibility index (Phi) is 4.38. The minimum Gasteiger partial charge on any atom is -0.444 e. The molecule has 100 valence electrons. The molecule has 5 nitrogen and oxygen atoms in total. The van der Waals surface area contributed by atoms with Crippen molar-refractivity contribution in [1.29, 1.82) is 0 Å². The van der Waals surface area contributed by atoms with Crippen molar-refractivity contribution < 1.29 is 14.3 Å². The SMILES string of the molecule is CC(C)(C)OC(=O)N1CCC(C)(OCN)CC1. The van der Waals surface area contributed by atoms with Gasteiger partial charge in [0.25, 0.3) is 0 Å². The number of ether oxygens (including phenoxy) is 2. The molecule has 1 rings (SSSR count). The van der Waals surface area contributed by atoms with Crippen LogP contribution in [0.4, 0.5) is 4.79 Å². The Balaban J connectivity index is 2.44. The highest BCUT2D eigenvalue weighted by Gasteiger charge is 2.33. The fourth-order valence-electron chi connectivity index (χ4n) is 1.83. The van der Waals surface area contributed by atoms with Gasteiger partial charge in [-0.25, -0.2) is 4.79 Å². The van der Waals surface area contributed by atoms with Gasteiger partial charge in [0.05, 0.1) is 12.3 Å². The molecule has 1 amide bonds. The molecule has 1 heterocycles. The topological polar surface area (TPSA) is 64.8 Å². The molecule has 0 atom stereocenters. The van der Waals surface area contributed by atoms with Crippen LogP contribution in [-0.4, -0.2) is 42.0 Å². The van der Waals surface area contributed by atoms with Crippen LogP contribution < -0.4 is 5.73 Å². The molecular formula is C12H24N2O3. The maximum absolute atomic E-state index is 11.8. The number of carbonyl (C=O) groups is 1. The first-order chi connectivity index (χ1) is 7.76. The number of nitrogens with two attached hydrogens (primary N) is 1. The molecule has 0 aromatic carbocycles. The van der Waals surface area contributed by atoms with E-state index in [1.165, 1.54) is 0 Å². The van der Waals surface area contributed by atoms with Gasteiger partial charge >= 0.3 is 6.09 Å². The number of rotatable bonds is 2. The molecule has 0 aromatic rings. The number of piperidine rings is 1. The highest BCUT2D eigenvalue weighted by Crippen LogP contribution is 2.26. The Morgan fingerprint density at radius 1 is 1.35 bits per heavy atom. The Hall–Kier alpha value is -0.810. The summed E-state index contributed by atoms with van der Waals surface area (Å²) in [7, 11) is 0. The number of nitrogens with zero attached hydrogens (tertiary/aromatic N) is 1. The second kappa shape index (κ2) is 5.23. The van der Waals surface area contributed by atoms with E-state index in [4.69, 9.17) is 15.2 Å². The van der Waals surface area contributed by atoms with Crippen LogP contribution in [0.3, 0.4) is 0 Å². The van der Waals surface area contributed by atoms with E-state index < -0.39 is 5.60 Å². The number of amides is 1. The van der Waals surface area contributed by atoms with Gasteiger partial charge in [-0.2, -0.15) is 0 Å². The van der Waals surface area contributed by atoms with E-state index in [1.807, 2.05) is 27.7 Å². The normalized spacial score (nSPS) is 20.2. The first kappa shape index (κ1) is 14.3. The monoisotopic (exact) mass is 244 g/mol. The van der Waals surface area contributed by atoms with Crippen molar-refractivity contribution in [3.63, 3.8) is 0 Å². The van der Waals surface area contributed by atoms with Crippen LogP contribution in [0.15, 0.2) is 0 Å². The maximum Gasteiger partial charge on any atom is 0.410 e. The summed E-state index contributed by atoms with van der Waals surface area (Å²) < 4.78 is 10.8. The lowest BCUT2D eigenvalue weighted by Crippen LogP contribution is -2.48. The second-order valence-electron chi connectivity index (χ2n) is 5.73. The Morgan fingerprint density at radius 2 is 1.88 bits per heavy atom. The smallest absolute Gasteiger partial charge is 0.410 e. The molecule has 0 radical (unpaired) electrons. The molecule has 1 fully saturated rings. The Bertz CT molecular complexity index is 265. The van der Waals surface area contributed by atoms with Crippen molar-refractivity contribution in [3.05, 3.63) is 0 Å². The number of likely N-dealkylation sites (tertiary alicyclic amines) is 1. The van der Waals surface area contributed by atoms with Crippen molar-refractivity contribution >= 4 is 6.09 Å². The van der Waals surface area contributed by atoms with Gasteiger partial charge in [-0.1, -0.05) is 0 Å². The average Bonchev–Trinajstić information content (AvgIpc) is 2.15. The van der Waals surface area contributed by atoms with Crippen LogP contribution in [0.5, 0.6) is 0 Å². The zero-order chi connectivity index (χ0) is 13.1. The lowest BCUT2D eigenvalue weighted by atomic mass is 9.93. The molecule has 2 N–H and O–H groups in total. The van der Waals surface area contributed by atoms with Crippen LogP contribution in [0.2, 0.25) is 0 Å². The van der Waals surface area contributed by atoms with Gasteiger partial charge < -0.3 is 20.1 Å². The van der Waals surface area contributed by atoms with E-state index in [2.05, 4.69) is 0 Å². The van der Waals surface area contributed by atoms with Crippen LogP contribution in [0.1, 0.15) is 40.5 Å². The predicted octanol–water partition coefficient (Wildman–Crippen LogP) is 1.71.